The number of ether oxygens (including phenoxy) is 1. The lowest BCUT2D eigenvalue weighted by molar-refractivity contribution is -0.132. The number of H-pyrrole nitrogens is 1. The predicted octanol–water partition coefficient (Wildman–Crippen LogP) is 2.89. The fourth-order valence-electron chi connectivity index (χ4n) is 3.87. The molecule has 1 amide bonds. The molecule has 1 aliphatic carbocycles. The third kappa shape index (κ3) is 3.75. The number of nitrogens with one attached hydrogen (secondary N) is 2. The van der Waals surface area contributed by atoms with Crippen LogP contribution in [0.2, 0.25) is 0 Å². The van der Waals surface area contributed by atoms with Crippen LogP contribution >= 0.6 is 0 Å². The van der Waals surface area contributed by atoms with E-state index in [-0.39, 0.29) is 18.1 Å². The van der Waals surface area contributed by atoms with E-state index in [0.717, 1.165) is 35.0 Å². The number of carbonyl (C=O) groups is 1. The fraction of sp³-hybridized carbons (Fsp3) is 0.318. The van der Waals surface area contributed by atoms with Crippen LogP contribution in [0.4, 0.5) is 11.6 Å². The Kier molecular flexibility index (Phi) is 4.96. The molecular formula is C22H24N8O2. The van der Waals surface area contributed by atoms with Gasteiger partial charge in [-0.1, -0.05) is 6.07 Å². The summed E-state index contributed by atoms with van der Waals surface area (Å²) in [5.74, 6) is 0.970. The molecule has 4 aromatic heterocycles. The van der Waals surface area contributed by atoms with Gasteiger partial charge >= 0.3 is 0 Å². The number of aromatic nitrogens is 6. The van der Waals surface area contributed by atoms with Crippen molar-refractivity contribution in [3.05, 3.63) is 43.1 Å². The lowest BCUT2D eigenvalue weighted by Gasteiger charge is -2.40. The maximum Gasteiger partial charge on any atom is 0.232 e. The van der Waals surface area contributed by atoms with E-state index in [1.54, 1.807) is 35.1 Å². The highest BCUT2D eigenvalue weighted by molar-refractivity contribution is 5.97. The Morgan fingerprint density at radius 1 is 1.31 bits per heavy atom. The number of carbonyl (C=O) groups excluding carboxylic acids is 1. The van der Waals surface area contributed by atoms with Crippen LogP contribution < -0.4 is 10.1 Å². The standard InChI is InChI=1S/C22H24N8O2/c1-13(31)30(3)16-7-17(8-16)32-21-19-18(14-5-4-6-23-9-14)11-24-20(19)27-22(28-21)26-15-10-25-29(2)12-15/h4-6,9-12,16-17H,7-8H2,1-3H3,(H2,24,26,27,28)/t16-,17-. The van der Waals surface area contributed by atoms with Gasteiger partial charge in [-0.2, -0.15) is 15.1 Å². The number of hydrogen-bond donors (Lipinski definition) is 2. The minimum atomic E-state index is -0.0252. The zero-order valence-electron chi connectivity index (χ0n) is 18.1. The van der Waals surface area contributed by atoms with Crippen molar-refractivity contribution in [3.8, 4) is 17.0 Å². The summed E-state index contributed by atoms with van der Waals surface area (Å²) in [7, 11) is 3.68. The van der Waals surface area contributed by atoms with Gasteiger partial charge in [-0.05, 0) is 6.07 Å². The van der Waals surface area contributed by atoms with Crippen LogP contribution in [0.25, 0.3) is 22.2 Å². The van der Waals surface area contributed by atoms with Gasteiger partial charge in [0.2, 0.25) is 17.7 Å². The summed E-state index contributed by atoms with van der Waals surface area (Å²) in [6.45, 7) is 1.58. The van der Waals surface area contributed by atoms with Crippen molar-refractivity contribution in [1.82, 2.24) is 34.6 Å². The first-order valence-electron chi connectivity index (χ1n) is 10.4. The summed E-state index contributed by atoms with van der Waals surface area (Å²) in [6.07, 6.45) is 10.5. The zero-order chi connectivity index (χ0) is 22.2. The van der Waals surface area contributed by atoms with Crippen LogP contribution in [0, 0.1) is 0 Å². The normalized spacial score (nSPS) is 17.7. The van der Waals surface area contributed by atoms with E-state index in [2.05, 4.69) is 30.4 Å². The summed E-state index contributed by atoms with van der Waals surface area (Å²) in [4.78, 5) is 30.2. The number of fused-ring (bicyclic) bond motifs is 1. The molecule has 10 heteroatoms. The Morgan fingerprint density at radius 3 is 2.84 bits per heavy atom. The van der Waals surface area contributed by atoms with Crippen LogP contribution in [0.15, 0.2) is 43.1 Å². The summed E-state index contributed by atoms with van der Waals surface area (Å²) in [6, 6.07) is 4.07. The van der Waals surface area contributed by atoms with Gasteiger partial charge in [-0.15, -0.1) is 0 Å². The van der Waals surface area contributed by atoms with Gasteiger partial charge in [0.1, 0.15) is 11.8 Å². The van der Waals surface area contributed by atoms with Crippen LogP contribution in [0.1, 0.15) is 19.8 Å². The Bertz CT molecular complexity index is 1260. The number of pyridine rings is 1. The van der Waals surface area contributed by atoms with E-state index >= 15 is 0 Å². The summed E-state index contributed by atoms with van der Waals surface area (Å²) in [5.41, 5.74) is 3.32. The van der Waals surface area contributed by atoms with Crippen molar-refractivity contribution in [1.29, 1.82) is 0 Å². The van der Waals surface area contributed by atoms with Gasteiger partial charge in [-0.25, -0.2) is 0 Å². The van der Waals surface area contributed by atoms with Gasteiger partial charge in [0, 0.05) is 75.8 Å². The van der Waals surface area contributed by atoms with Crippen molar-refractivity contribution in [2.24, 2.45) is 7.05 Å². The van der Waals surface area contributed by atoms with E-state index < -0.39 is 0 Å². The number of hydrogen-bond acceptors (Lipinski definition) is 7. The zero-order valence-corrected chi connectivity index (χ0v) is 18.1. The van der Waals surface area contributed by atoms with E-state index in [4.69, 9.17) is 4.74 Å². The molecule has 32 heavy (non-hydrogen) atoms. The molecule has 0 unspecified atom stereocenters. The van der Waals surface area contributed by atoms with E-state index in [9.17, 15) is 4.79 Å². The van der Waals surface area contributed by atoms with E-state index in [1.807, 2.05) is 38.6 Å². The second-order valence-corrected chi connectivity index (χ2v) is 8.04. The van der Waals surface area contributed by atoms with Crippen LogP contribution in [-0.2, 0) is 11.8 Å². The molecule has 0 aliphatic heterocycles. The summed E-state index contributed by atoms with van der Waals surface area (Å²) >= 11 is 0. The number of anilines is 2. The van der Waals surface area contributed by atoms with Crippen molar-refractivity contribution in [2.75, 3.05) is 12.4 Å². The van der Waals surface area contributed by atoms with Gasteiger partial charge in [0.25, 0.3) is 0 Å². The Morgan fingerprint density at radius 2 is 2.16 bits per heavy atom. The highest BCUT2D eigenvalue weighted by Crippen LogP contribution is 2.37. The van der Waals surface area contributed by atoms with Gasteiger partial charge in [0.05, 0.1) is 17.3 Å². The molecule has 1 aliphatic rings. The predicted molar refractivity (Wildman–Crippen MR) is 119 cm³/mol. The summed E-state index contributed by atoms with van der Waals surface area (Å²) < 4.78 is 8.04. The van der Waals surface area contributed by atoms with E-state index in [0.29, 0.717) is 17.5 Å². The minimum absolute atomic E-state index is 0.0252. The second-order valence-electron chi connectivity index (χ2n) is 8.04. The number of aryl methyl sites for hydroxylation is 1. The molecule has 4 aromatic rings. The first-order chi connectivity index (χ1) is 15.5. The third-order valence-corrected chi connectivity index (χ3v) is 5.82. The molecule has 0 radical (unpaired) electrons. The largest absolute Gasteiger partial charge is 0.474 e. The van der Waals surface area contributed by atoms with Crippen molar-refractivity contribution in [3.63, 3.8) is 0 Å². The molecule has 1 saturated carbocycles. The molecule has 0 aromatic carbocycles. The monoisotopic (exact) mass is 432 g/mol. The average Bonchev–Trinajstić information content (AvgIpc) is 3.36. The molecule has 0 atom stereocenters. The van der Waals surface area contributed by atoms with Gasteiger partial charge < -0.3 is 19.9 Å². The molecule has 0 spiro atoms. The van der Waals surface area contributed by atoms with Crippen molar-refractivity contribution in [2.45, 2.75) is 31.9 Å². The van der Waals surface area contributed by atoms with Crippen LogP contribution in [0.5, 0.6) is 5.88 Å². The lowest BCUT2D eigenvalue weighted by Crippen LogP contribution is -2.49. The molecule has 10 nitrogen and oxygen atoms in total. The lowest BCUT2D eigenvalue weighted by atomic mass is 9.88. The molecule has 1 fully saturated rings. The first kappa shape index (κ1) is 20.0. The molecule has 2 N–H and O–H groups in total. The van der Waals surface area contributed by atoms with Crippen LogP contribution in [0.3, 0.4) is 0 Å². The Hall–Kier alpha value is -3.95. The van der Waals surface area contributed by atoms with E-state index in [1.165, 1.54) is 0 Å². The minimum Gasteiger partial charge on any atom is -0.474 e. The molecule has 0 bridgehead atoms. The van der Waals surface area contributed by atoms with Crippen molar-refractivity contribution >= 4 is 28.6 Å². The molecule has 5 rings (SSSR count). The molecule has 164 valence electrons. The number of amides is 1. The number of rotatable bonds is 6. The molecule has 0 saturated heterocycles. The second kappa shape index (κ2) is 7.95. The molecular weight excluding hydrogens is 408 g/mol. The average molecular weight is 432 g/mol. The Labute approximate surface area is 184 Å². The maximum atomic E-state index is 11.6. The van der Waals surface area contributed by atoms with Crippen molar-refractivity contribution < 1.29 is 9.53 Å². The van der Waals surface area contributed by atoms with Gasteiger partial charge in [0.15, 0.2) is 0 Å². The van der Waals surface area contributed by atoms with Gasteiger partial charge in [-0.3, -0.25) is 14.5 Å². The smallest absolute Gasteiger partial charge is 0.232 e. The highest BCUT2D eigenvalue weighted by Gasteiger charge is 2.35. The summed E-state index contributed by atoms with van der Waals surface area (Å²) in [5, 5.41) is 8.16. The first-order valence-corrected chi connectivity index (χ1v) is 10.4. The Balaban J connectivity index is 1.49. The SMILES string of the molecule is CC(=O)N(C)[C@H]1C[C@H](Oc2nc(Nc3cnn(C)c3)nc3[nH]cc(-c4cccnc4)c23)C1. The number of nitrogens with zero attached hydrogens (tertiary/aromatic N) is 6. The third-order valence-electron chi connectivity index (χ3n) is 5.82. The topological polar surface area (TPSA) is 114 Å². The molecule has 4 heterocycles. The highest BCUT2D eigenvalue weighted by atomic mass is 16.5. The van der Waals surface area contributed by atoms with Crippen LogP contribution in [-0.4, -0.2) is 59.7 Å². The quantitative estimate of drug-likeness (QED) is 0.481. The maximum absolute atomic E-state index is 11.6. The number of aromatic amines is 1. The fourth-order valence-corrected chi connectivity index (χ4v) is 3.87.